The normalized spacial score (nSPS) is 14.9. The first-order chi connectivity index (χ1) is 12.1. The number of nitriles is 1. The Balaban J connectivity index is 2.27. The molecule has 0 radical (unpaired) electrons. The van der Waals surface area contributed by atoms with Crippen LogP contribution in [0.4, 0.5) is 5.69 Å². The monoisotopic (exact) mass is 363 g/mol. The number of nitrogens with zero attached hydrogens (tertiary/aromatic N) is 3. The summed E-state index contributed by atoms with van der Waals surface area (Å²) in [5, 5.41) is 29.4. The first-order valence-corrected chi connectivity index (χ1v) is 8.56. The number of rotatable bonds is 6. The Kier molecular flexibility index (Phi) is 6.94. The minimum absolute atomic E-state index is 0.0769. The van der Waals surface area contributed by atoms with Gasteiger partial charge >= 0.3 is 0 Å². The third kappa shape index (κ3) is 5.03. The topological polar surface area (TPSA) is 117 Å². The van der Waals surface area contributed by atoms with E-state index in [9.17, 15) is 20.2 Å². The van der Waals surface area contributed by atoms with Crippen LogP contribution >= 0.6 is 11.8 Å². The lowest BCUT2D eigenvalue weighted by molar-refractivity contribution is -0.387. The van der Waals surface area contributed by atoms with Crippen LogP contribution in [0.3, 0.4) is 0 Å². The highest BCUT2D eigenvalue weighted by atomic mass is 32.2. The zero-order chi connectivity index (χ0) is 18.2. The Morgan fingerprint density at radius 3 is 2.80 bits per heavy atom. The molecule has 25 heavy (non-hydrogen) atoms. The number of nitro groups is 1. The lowest BCUT2D eigenvalue weighted by Gasteiger charge is -2.26. The summed E-state index contributed by atoms with van der Waals surface area (Å²) in [5.41, 5.74) is 0.202. The van der Waals surface area contributed by atoms with Crippen molar-refractivity contribution in [2.75, 3.05) is 38.7 Å². The first kappa shape index (κ1) is 18.9. The number of morpholine rings is 1. The maximum atomic E-state index is 12.4. The lowest BCUT2D eigenvalue weighted by Crippen LogP contribution is -2.41. The number of amides is 1. The van der Waals surface area contributed by atoms with E-state index < -0.39 is 10.8 Å². The molecule has 1 saturated heterocycles. The fourth-order valence-corrected chi connectivity index (χ4v) is 3.05. The fourth-order valence-electron chi connectivity index (χ4n) is 2.29. The third-order valence-corrected chi connectivity index (χ3v) is 4.53. The standard InChI is InChI=1S/C16H17N3O5S/c17-11-13(16(21)18-3-6-24-7-4-18)9-12-1-2-15(25-8-5-20)14(10-12)19(22)23/h1-2,9-10,20H,3-8H2. The Morgan fingerprint density at radius 1 is 1.48 bits per heavy atom. The van der Waals surface area contributed by atoms with Crippen LogP contribution in [0.25, 0.3) is 6.08 Å². The van der Waals surface area contributed by atoms with Gasteiger partial charge in [-0.3, -0.25) is 14.9 Å². The van der Waals surface area contributed by atoms with Crippen molar-refractivity contribution >= 4 is 29.4 Å². The van der Waals surface area contributed by atoms with E-state index in [2.05, 4.69) is 0 Å². The number of nitro benzene ring substituents is 1. The fraction of sp³-hybridized carbons (Fsp3) is 0.375. The number of carbonyl (C=O) groups excluding carboxylic acids is 1. The number of ether oxygens (including phenoxy) is 1. The molecule has 8 nitrogen and oxygen atoms in total. The van der Waals surface area contributed by atoms with Crippen LogP contribution in [0.1, 0.15) is 5.56 Å². The molecule has 1 amide bonds. The highest BCUT2D eigenvalue weighted by molar-refractivity contribution is 7.99. The van der Waals surface area contributed by atoms with Gasteiger partial charge in [-0.15, -0.1) is 11.8 Å². The van der Waals surface area contributed by atoms with Gasteiger partial charge < -0.3 is 14.7 Å². The number of aliphatic hydroxyl groups is 1. The van der Waals surface area contributed by atoms with Crippen LogP contribution in [-0.2, 0) is 9.53 Å². The van der Waals surface area contributed by atoms with E-state index in [1.54, 1.807) is 12.1 Å². The molecule has 1 aliphatic rings. The van der Waals surface area contributed by atoms with E-state index in [1.807, 2.05) is 6.07 Å². The molecule has 0 atom stereocenters. The highest BCUT2D eigenvalue weighted by Gasteiger charge is 2.21. The Labute approximate surface area is 148 Å². The van der Waals surface area contributed by atoms with Crippen molar-refractivity contribution in [2.45, 2.75) is 4.90 Å². The molecule has 0 saturated carbocycles. The molecule has 2 rings (SSSR count). The van der Waals surface area contributed by atoms with Crippen molar-refractivity contribution in [1.29, 1.82) is 5.26 Å². The number of benzene rings is 1. The van der Waals surface area contributed by atoms with Crippen LogP contribution < -0.4 is 0 Å². The summed E-state index contributed by atoms with van der Waals surface area (Å²) in [5.74, 6) is -0.0678. The molecule has 0 aromatic heterocycles. The molecule has 132 valence electrons. The number of hydrogen-bond acceptors (Lipinski definition) is 7. The smallest absolute Gasteiger partial charge is 0.283 e. The van der Waals surface area contributed by atoms with Gasteiger partial charge in [0.25, 0.3) is 11.6 Å². The molecule has 1 N–H and O–H groups in total. The van der Waals surface area contributed by atoms with Gasteiger partial charge in [-0.1, -0.05) is 6.07 Å². The SMILES string of the molecule is N#CC(=Cc1ccc(SCCO)c([N+](=O)[O-])c1)C(=O)N1CCOCC1. The molecule has 0 spiro atoms. The van der Waals surface area contributed by atoms with Crippen LogP contribution in [0.15, 0.2) is 28.7 Å². The molecule has 9 heteroatoms. The highest BCUT2D eigenvalue weighted by Crippen LogP contribution is 2.30. The van der Waals surface area contributed by atoms with E-state index in [0.717, 1.165) is 0 Å². The van der Waals surface area contributed by atoms with Crippen molar-refractivity contribution in [3.8, 4) is 6.07 Å². The molecule has 1 aliphatic heterocycles. The first-order valence-electron chi connectivity index (χ1n) is 7.57. The average Bonchev–Trinajstić information content (AvgIpc) is 2.64. The molecular formula is C16H17N3O5S. The van der Waals surface area contributed by atoms with Gasteiger partial charge in [-0.25, -0.2) is 0 Å². The summed E-state index contributed by atoms with van der Waals surface area (Å²) in [4.78, 5) is 25.0. The van der Waals surface area contributed by atoms with E-state index in [-0.39, 0.29) is 17.9 Å². The summed E-state index contributed by atoms with van der Waals surface area (Å²) in [7, 11) is 0. The van der Waals surface area contributed by atoms with E-state index in [1.165, 1.54) is 28.8 Å². The third-order valence-electron chi connectivity index (χ3n) is 3.49. The second kappa shape index (κ2) is 9.17. The molecule has 0 unspecified atom stereocenters. The molecule has 0 aliphatic carbocycles. The van der Waals surface area contributed by atoms with E-state index in [0.29, 0.717) is 42.5 Å². The van der Waals surface area contributed by atoms with Gasteiger partial charge in [-0.2, -0.15) is 5.26 Å². The predicted octanol–water partition coefficient (Wildman–Crippen LogP) is 1.44. The second-order valence-electron chi connectivity index (χ2n) is 5.13. The molecule has 1 aromatic carbocycles. The van der Waals surface area contributed by atoms with Crippen molar-refractivity contribution in [2.24, 2.45) is 0 Å². The van der Waals surface area contributed by atoms with Crippen LogP contribution in [0, 0.1) is 21.4 Å². The van der Waals surface area contributed by atoms with Gasteiger partial charge in [0.05, 0.1) is 29.6 Å². The van der Waals surface area contributed by atoms with Crippen LogP contribution in [-0.4, -0.2) is 59.5 Å². The largest absolute Gasteiger partial charge is 0.396 e. The summed E-state index contributed by atoms with van der Waals surface area (Å²) >= 11 is 1.17. The van der Waals surface area contributed by atoms with Crippen LogP contribution in [0.2, 0.25) is 0 Å². The van der Waals surface area contributed by atoms with E-state index >= 15 is 0 Å². The lowest BCUT2D eigenvalue weighted by atomic mass is 10.1. The zero-order valence-corrected chi connectivity index (χ0v) is 14.2. The molecule has 1 aromatic rings. The summed E-state index contributed by atoms with van der Waals surface area (Å²) in [6, 6.07) is 6.35. The van der Waals surface area contributed by atoms with Crippen molar-refractivity contribution in [3.05, 3.63) is 39.4 Å². The number of thioether (sulfide) groups is 1. The summed E-state index contributed by atoms with van der Waals surface area (Å²) in [6.45, 7) is 1.58. The minimum Gasteiger partial charge on any atom is -0.396 e. The van der Waals surface area contributed by atoms with Crippen molar-refractivity contribution in [3.63, 3.8) is 0 Å². The zero-order valence-electron chi connectivity index (χ0n) is 13.4. The molecule has 0 bridgehead atoms. The number of hydrogen-bond donors (Lipinski definition) is 1. The number of carbonyl (C=O) groups is 1. The minimum atomic E-state index is -0.521. The van der Waals surface area contributed by atoms with Crippen LogP contribution in [0.5, 0.6) is 0 Å². The summed E-state index contributed by atoms with van der Waals surface area (Å²) < 4.78 is 5.18. The van der Waals surface area contributed by atoms with Gasteiger partial charge in [-0.05, 0) is 17.7 Å². The maximum absolute atomic E-state index is 12.4. The Morgan fingerprint density at radius 2 is 2.20 bits per heavy atom. The summed E-state index contributed by atoms with van der Waals surface area (Å²) in [6.07, 6.45) is 1.35. The average molecular weight is 363 g/mol. The maximum Gasteiger partial charge on any atom is 0.283 e. The Bertz CT molecular complexity index is 723. The van der Waals surface area contributed by atoms with Crippen molar-refractivity contribution < 1.29 is 19.6 Å². The number of aliphatic hydroxyl groups excluding tert-OH is 1. The van der Waals surface area contributed by atoms with Gasteiger partial charge in [0.1, 0.15) is 11.6 Å². The predicted molar refractivity (Wildman–Crippen MR) is 91.9 cm³/mol. The molecule has 1 fully saturated rings. The quantitative estimate of drug-likeness (QED) is 0.267. The second-order valence-corrected chi connectivity index (χ2v) is 6.27. The molecular weight excluding hydrogens is 346 g/mol. The Hall–Kier alpha value is -2.41. The van der Waals surface area contributed by atoms with Gasteiger partial charge in [0.2, 0.25) is 0 Å². The van der Waals surface area contributed by atoms with Gasteiger partial charge in [0.15, 0.2) is 0 Å². The van der Waals surface area contributed by atoms with Crippen molar-refractivity contribution in [1.82, 2.24) is 4.90 Å². The van der Waals surface area contributed by atoms with E-state index in [4.69, 9.17) is 9.84 Å². The molecule has 1 heterocycles. The van der Waals surface area contributed by atoms with Gasteiger partial charge in [0, 0.05) is 24.9 Å².